The van der Waals surface area contributed by atoms with Crippen molar-refractivity contribution in [2.75, 3.05) is 26.3 Å². The van der Waals surface area contributed by atoms with Crippen LogP contribution < -0.4 is 10.6 Å². The van der Waals surface area contributed by atoms with E-state index in [-0.39, 0.29) is 25.4 Å². The monoisotopic (exact) mass is 543 g/mol. The third-order valence-corrected chi connectivity index (χ3v) is 7.86. The molecule has 0 saturated carbocycles. The lowest BCUT2D eigenvalue weighted by molar-refractivity contribution is -0.144. The lowest BCUT2D eigenvalue weighted by atomic mass is 9.86. The second-order valence-corrected chi connectivity index (χ2v) is 10.3. The van der Waals surface area contributed by atoms with Gasteiger partial charge in [-0.2, -0.15) is 0 Å². The number of nitrogens with one attached hydrogen (secondary N) is 2. The van der Waals surface area contributed by atoms with Gasteiger partial charge in [-0.15, -0.1) is 0 Å². The number of ether oxygens (including phenoxy) is 1. The fourth-order valence-corrected chi connectivity index (χ4v) is 5.66. The van der Waals surface area contributed by atoms with Gasteiger partial charge in [-0.1, -0.05) is 78.9 Å². The predicted octanol–water partition coefficient (Wildman–Crippen LogP) is 3.12. The molecule has 3 aromatic carbocycles. The van der Waals surface area contributed by atoms with Crippen molar-refractivity contribution in [2.24, 2.45) is 0 Å². The van der Waals surface area contributed by atoms with Gasteiger partial charge in [0.05, 0.1) is 6.61 Å². The van der Waals surface area contributed by atoms with Gasteiger partial charge < -0.3 is 25.6 Å². The average molecular weight is 544 g/mol. The number of aliphatic hydroxyl groups excluding tert-OH is 1. The molecule has 1 fully saturated rings. The first-order valence-electron chi connectivity index (χ1n) is 13.4. The summed E-state index contributed by atoms with van der Waals surface area (Å²) in [6.45, 7) is 1.03. The van der Waals surface area contributed by atoms with Crippen molar-refractivity contribution in [1.29, 1.82) is 0 Å². The minimum absolute atomic E-state index is 0.0894. The van der Waals surface area contributed by atoms with Gasteiger partial charge >= 0.3 is 12.1 Å². The molecule has 1 heterocycles. The summed E-state index contributed by atoms with van der Waals surface area (Å²) in [7, 11) is 0. The first-order valence-corrected chi connectivity index (χ1v) is 13.4. The zero-order valence-electron chi connectivity index (χ0n) is 22.1. The highest BCUT2D eigenvalue weighted by Crippen LogP contribution is 2.44. The summed E-state index contributed by atoms with van der Waals surface area (Å²) in [5, 5.41) is 24.0. The zero-order valence-corrected chi connectivity index (χ0v) is 22.1. The van der Waals surface area contributed by atoms with Crippen molar-refractivity contribution in [3.63, 3.8) is 0 Å². The van der Waals surface area contributed by atoms with E-state index < -0.39 is 36.2 Å². The number of carbonyl (C=O) groups is 3. The molecule has 9 heteroatoms. The van der Waals surface area contributed by atoms with Crippen molar-refractivity contribution in [3.8, 4) is 11.1 Å². The van der Waals surface area contributed by atoms with Crippen molar-refractivity contribution in [3.05, 3.63) is 95.6 Å². The second-order valence-electron chi connectivity index (χ2n) is 10.3. The minimum atomic E-state index is -1.48. The van der Waals surface area contributed by atoms with E-state index in [1.165, 1.54) is 0 Å². The number of rotatable bonds is 9. The van der Waals surface area contributed by atoms with Gasteiger partial charge in [-0.3, -0.25) is 9.69 Å². The van der Waals surface area contributed by atoms with E-state index >= 15 is 0 Å². The number of likely N-dealkylation sites (tertiary alicyclic amines) is 1. The number of benzene rings is 3. The molecule has 5 rings (SSSR count). The van der Waals surface area contributed by atoms with E-state index in [2.05, 4.69) is 27.7 Å². The quantitative estimate of drug-likeness (QED) is 0.327. The molecule has 1 saturated heterocycles. The molecule has 0 aromatic heterocycles. The lowest BCUT2D eigenvalue weighted by Crippen LogP contribution is -2.65. The number of hydrogen-bond donors (Lipinski definition) is 4. The Hall–Kier alpha value is -4.21. The van der Waals surface area contributed by atoms with Crippen molar-refractivity contribution < 1.29 is 29.3 Å². The molecule has 1 atom stereocenters. The summed E-state index contributed by atoms with van der Waals surface area (Å²) in [6, 6.07) is 24.5. The van der Waals surface area contributed by atoms with Crippen LogP contribution in [-0.4, -0.2) is 71.0 Å². The maximum atomic E-state index is 13.4. The Balaban J connectivity index is 1.29. The molecule has 2 aliphatic rings. The van der Waals surface area contributed by atoms with Crippen LogP contribution >= 0.6 is 0 Å². The lowest BCUT2D eigenvalue weighted by Gasteiger charge is -2.41. The highest BCUT2D eigenvalue weighted by molar-refractivity contribution is 5.93. The molecule has 0 radical (unpaired) electrons. The van der Waals surface area contributed by atoms with Crippen LogP contribution in [-0.2, 0) is 20.9 Å². The molecular weight excluding hydrogens is 510 g/mol. The Morgan fingerprint density at radius 3 is 2.05 bits per heavy atom. The Kier molecular flexibility index (Phi) is 8.14. The maximum absolute atomic E-state index is 13.4. The van der Waals surface area contributed by atoms with Crippen LogP contribution in [0.25, 0.3) is 11.1 Å². The van der Waals surface area contributed by atoms with E-state index in [4.69, 9.17) is 4.74 Å². The Labute approximate surface area is 232 Å². The number of aliphatic hydroxyl groups is 1. The maximum Gasteiger partial charge on any atom is 0.408 e. The van der Waals surface area contributed by atoms with E-state index in [9.17, 15) is 24.6 Å². The third-order valence-electron chi connectivity index (χ3n) is 7.86. The number of carboxylic acid groups (broad SMARTS) is 1. The van der Waals surface area contributed by atoms with E-state index in [1.807, 2.05) is 66.7 Å². The zero-order chi connectivity index (χ0) is 28.1. The van der Waals surface area contributed by atoms with Gasteiger partial charge in [0.25, 0.3) is 0 Å². The molecule has 0 spiro atoms. The number of fused-ring (bicyclic) bond motifs is 3. The summed E-state index contributed by atoms with van der Waals surface area (Å²) in [4.78, 5) is 40.2. The van der Waals surface area contributed by atoms with Crippen LogP contribution in [0, 0.1) is 0 Å². The van der Waals surface area contributed by atoms with Crippen LogP contribution in [0.3, 0.4) is 0 Å². The fraction of sp³-hybridized carbons (Fsp3) is 0.323. The first-order chi connectivity index (χ1) is 19.4. The SMILES string of the molecule is O=C(NC1(C(=O)N[C@@H](CO)C(=O)O)CCN(Cc2ccccc2)CC1)OCC1c2ccccc2-c2ccccc21. The highest BCUT2D eigenvalue weighted by atomic mass is 16.5. The van der Waals surface area contributed by atoms with Crippen molar-refractivity contribution in [2.45, 2.75) is 36.9 Å². The van der Waals surface area contributed by atoms with Crippen molar-refractivity contribution >= 4 is 18.0 Å². The van der Waals surface area contributed by atoms with Gasteiger partial charge in [0.15, 0.2) is 0 Å². The smallest absolute Gasteiger partial charge is 0.408 e. The number of hydrogen-bond acceptors (Lipinski definition) is 6. The molecule has 0 unspecified atom stereocenters. The van der Waals surface area contributed by atoms with Gasteiger partial charge in [-0.05, 0) is 40.7 Å². The third kappa shape index (κ3) is 5.71. The number of alkyl carbamates (subject to hydrolysis) is 1. The predicted molar refractivity (Wildman–Crippen MR) is 149 cm³/mol. The number of nitrogens with zero attached hydrogens (tertiary/aromatic N) is 1. The number of carbonyl (C=O) groups excluding carboxylic acids is 2. The van der Waals surface area contributed by atoms with Gasteiger partial charge in [0, 0.05) is 25.6 Å². The molecule has 208 valence electrons. The second kappa shape index (κ2) is 11.9. The average Bonchev–Trinajstić information content (AvgIpc) is 3.29. The summed E-state index contributed by atoms with van der Waals surface area (Å²) in [5.41, 5.74) is 4.12. The van der Waals surface area contributed by atoms with Crippen LogP contribution in [0.15, 0.2) is 78.9 Å². The number of amides is 2. The molecule has 1 aliphatic heterocycles. The number of aliphatic carboxylic acids is 1. The molecule has 9 nitrogen and oxygen atoms in total. The molecule has 40 heavy (non-hydrogen) atoms. The van der Waals surface area contributed by atoms with E-state index in [0.29, 0.717) is 19.6 Å². The van der Waals surface area contributed by atoms with E-state index in [0.717, 1.165) is 27.8 Å². The summed E-state index contributed by atoms with van der Waals surface area (Å²) >= 11 is 0. The summed E-state index contributed by atoms with van der Waals surface area (Å²) in [5.74, 6) is -2.14. The van der Waals surface area contributed by atoms with E-state index in [1.54, 1.807) is 0 Å². The number of carboxylic acids is 1. The fourth-order valence-electron chi connectivity index (χ4n) is 5.66. The molecule has 4 N–H and O–H groups in total. The van der Waals surface area contributed by atoms with Crippen LogP contribution in [0.4, 0.5) is 4.79 Å². The highest BCUT2D eigenvalue weighted by Gasteiger charge is 2.44. The topological polar surface area (TPSA) is 128 Å². The Morgan fingerprint density at radius 2 is 1.48 bits per heavy atom. The van der Waals surface area contributed by atoms with Crippen LogP contribution in [0.2, 0.25) is 0 Å². The largest absolute Gasteiger partial charge is 0.480 e. The van der Waals surface area contributed by atoms with Crippen LogP contribution in [0.5, 0.6) is 0 Å². The first kappa shape index (κ1) is 27.4. The minimum Gasteiger partial charge on any atom is -0.480 e. The van der Waals surface area contributed by atoms with Gasteiger partial charge in [0.1, 0.15) is 18.2 Å². The number of piperidine rings is 1. The van der Waals surface area contributed by atoms with Crippen LogP contribution in [0.1, 0.15) is 35.4 Å². The standard InChI is InChI=1S/C31H33N3O6/c35-19-27(28(36)37)32-29(38)31(14-16-34(17-15-31)18-21-8-2-1-3-9-21)33-30(39)40-20-26-24-12-6-4-10-22(24)23-11-5-7-13-25(23)26/h1-13,26-27,35H,14-20H2,(H,32,38)(H,33,39)(H,36,37)/t27-/m0/s1. The summed E-state index contributed by atoms with van der Waals surface area (Å²) in [6.07, 6.45) is -0.231. The van der Waals surface area contributed by atoms with Crippen molar-refractivity contribution in [1.82, 2.24) is 15.5 Å². The van der Waals surface area contributed by atoms with Gasteiger partial charge in [0.2, 0.25) is 5.91 Å². The molecule has 1 aliphatic carbocycles. The Morgan fingerprint density at radius 1 is 0.900 bits per heavy atom. The molecule has 2 amide bonds. The summed E-state index contributed by atoms with van der Waals surface area (Å²) < 4.78 is 5.71. The molecule has 0 bridgehead atoms. The molecular formula is C31H33N3O6. The molecule has 3 aromatic rings. The normalized spacial score (nSPS) is 16.8. The van der Waals surface area contributed by atoms with Gasteiger partial charge in [-0.25, -0.2) is 9.59 Å². The Bertz CT molecular complexity index is 1320.